The maximum atomic E-state index is 6.07. The van der Waals surface area contributed by atoms with Crippen molar-refractivity contribution < 1.29 is 4.74 Å². The van der Waals surface area contributed by atoms with E-state index < -0.39 is 0 Å². The first-order valence-electron chi connectivity index (χ1n) is 6.45. The molecule has 2 aromatic rings. The fourth-order valence-electron chi connectivity index (χ4n) is 2.13. The van der Waals surface area contributed by atoms with Gasteiger partial charge in [0, 0.05) is 27.5 Å². The molecule has 0 saturated heterocycles. The van der Waals surface area contributed by atoms with E-state index in [1.165, 1.54) is 10.4 Å². The third kappa shape index (κ3) is 3.76. The Bertz CT molecular complexity index is 553. The Labute approximate surface area is 137 Å². The number of benzene rings is 1. The van der Waals surface area contributed by atoms with Crippen LogP contribution in [0.5, 0.6) is 5.75 Å². The van der Waals surface area contributed by atoms with E-state index in [4.69, 9.17) is 16.3 Å². The summed E-state index contributed by atoms with van der Waals surface area (Å²) < 4.78 is 7.20. The number of nitrogens with one attached hydrogen (secondary N) is 1. The molecule has 2 nitrogen and oxygen atoms in total. The van der Waals surface area contributed by atoms with Crippen molar-refractivity contribution in [3.63, 3.8) is 0 Å². The van der Waals surface area contributed by atoms with Crippen LogP contribution in [-0.4, -0.2) is 7.11 Å². The molecular weight excluding hydrogens is 358 g/mol. The van der Waals surface area contributed by atoms with E-state index in [0.717, 1.165) is 27.5 Å². The van der Waals surface area contributed by atoms with Crippen LogP contribution >= 0.6 is 38.9 Å². The lowest BCUT2D eigenvalue weighted by Gasteiger charge is -2.19. The minimum Gasteiger partial charge on any atom is -0.496 e. The van der Waals surface area contributed by atoms with Crippen LogP contribution < -0.4 is 10.1 Å². The molecule has 20 heavy (non-hydrogen) atoms. The van der Waals surface area contributed by atoms with Crippen LogP contribution in [0.4, 0.5) is 0 Å². The van der Waals surface area contributed by atoms with Gasteiger partial charge in [-0.2, -0.15) is 0 Å². The van der Waals surface area contributed by atoms with Gasteiger partial charge < -0.3 is 10.1 Å². The van der Waals surface area contributed by atoms with Gasteiger partial charge in [-0.1, -0.05) is 36.7 Å². The second-order valence-electron chi connectivity index (χ2n) is 4.42. The molecule has 0 radical (unpaired) electrons. The molecule has 1 atom stereocenters. The molecule has 108 valence electrons. The number of hydrogen-bond acceptors (Lipinski definition) is 3. The highest BCUT2D eigenvalue weighted by atomic mass is 79.9. The van der Waals surface area contributed by atoms with Gasteiger partial charge in [0.15, 0.2) is 0 Å². The quantitative estimate of drug-likeness (QED) is 0.729. The Morgan fingerprint density at radius 1 is 1.40 bits per heavy atom. The Kier molecular flexibility index (Phi) is 5.90. The summed E-state index contributed by atoms with van der Waals surface area (Å²) in [5.41, 5.74) is 1.19. The molecule has 2 rings (SSSR count). The highest BCUT2D eigenvalue weighted by Gasteiger charge is 2.14. The van der Waals surface area contributed by atoms with Crippen molar-refractivity contribution in [3.8, 4) is 5.75 Å². The van der Waals surface area contributed by atoms with Crippen molar-refractivity contribution in [2.45, 2.75) is 25.9 Å². The minimum atomic E-state index is 0.269. The van der Waals surface area contributed by atoms with E-state index in [9.17, 15) is 0 Å². The number of rotatable bonds is 6. The zero-order valence-corrected chi connectivity index (χ0v) is 14.6. The van der Waals surface area contributed by atoms with Crippen LogP contribution in [0, 0.1) is 0 Å². The summed E-state index contributed by atoms with van der Waals surface area (Å²) >= 11 is 11.1. The molecule has 1 N–H and O–H groups in total. The second-order valence-corrected chi connectivity index (χ2v) is 7.01. The molecule has 0 aliphatic heterocycles. The van der Waals surface area contributed by atoms with Crippen molar-refractivity contribution in [1.29, 1.82) is 0 Å². The van der Waals surface area contributed by atoms with Crippen LogP contribution in [0.25, 0.3) is 0 Å². The number of halogens is 2. The molecule has 1 aromatic heterocycles. The first kappa shape index (κ1) is 15.8. The normalized spacial score (nSPS) is 12.4. The summed E-state index contributed by atoms with van der Waals surface area (Å²) in [7, 11) is 1.71. The van der Waals surface area contributed by atoms with Gasteiger partial charge in [-0.3, -0.25) is 0 Å². The number of ether oxygens (including phenoxy) is 1. The lowest BCUT2D eigenvalue weighted by atomic mass is 10.0. The molecule has 1 unspecified atom stereocenters. The predicted molar refractivity (Wildman–Crippen MR) is 89.9 cm³/mol. The molecule has 5 heteroatoms. The van der Waals surface area contributed by atoms with Gasteiger partial charge in [-0.05, 0) is 34.5 Å². The van der Waals surface area contributed by atoms with Crippen LogP contribution in [0.2, 0.25) is 4.34 Å². The third-order valence-corrected chi connectivity index (χ3v) is 5.62. The van der Waals surface area contributed by atoms with E-state index in [0.29, 0.717) is 0 Å². The highest BCUT2D eigenvalue weighted by molar-refractivity contribution is 9.10. The van der Waals surface area contributed by atoms with Crippen LogP contribution in [0.15, 0.2) is 34.8 Å². The summed E-state index contributed by atoms with van der Waals surface area (Å²) in [6.45, 7) is 2.97. The molecule has 1 heterocycles. The lowest BCUT2D eigenvalue weighted by molar-refractivity contribution is 0.397. The van der Waals surface area contributed by atoms with Crippen molar-refractivity contribution in [2.24, 2.45) is 0 Å². The molecule has 0 bridgehead atoms. The molecule has 0 spiro atoms. The summed E-state index contributed by atoms with van der Waals surface area (Å²) in [5.74, 6) is 0.928. The van der Waals surface area contributed by atoms with Gasteiger partial charge >= 0.3 is 0 Å². The molecule has 0 aliphatic carbocycles. The smallest absolute Gasteiger partial charge is 0.123 e. The van der Waals surface area contributed by atoms with Crippen molar-refractivity contribution in [3.05, 3.63) is 49.6 Å². The number of hydrogen-bond donors (Lipinski definition) is 1. The van der Waals surface area contributed by atoms with Gasteiger partial charge in [0.05, 0.1) is 7.11 Å². The second kappa shape index (κ2) is 7.46. The fourth-order valence-corrected chi connectivity index (χ4v) is 3.87. The van der Waals surface area contributed by atoms with Crippen molar-refractivity contribution >= 4 is 38.9 Å². The standard InChI is InChI=1S/C15H17BrClNOS/c1-3-13(11-6-4-5-7-14(11)19-2)18-9-10-8-12(16)15(17)20-10/h4-8,13,18H,3,9H2,1-2H3. The van der Waals surface area contributed by atoms with Gasteiger partial charge in [-0.15, -0.1) is 11.3 Å². The average Bonchev–Trinajstić information content (AvgIpc) is 2.79. The van der Waals surface area contributed by atoms with E-state index >= 15 is 0 Å². The van der Waals surface area contributed by atoms with Crippen LogP contribution in [-0.2, 0) is 6.54 Å². The number of methoxy groups -OCH3 is 1. The SMILES string of the molecule is CCC(NCc1cc(Br)c(Cl)s1)c1ccccc1OC. The third-order valence-electron chi connectivity index (χ3n) is 3.14. The number of thiophene rings is 1. The molecule has 0 saturated carbocycles. The molecule has 0 aliphatic rings. The zero-order chi connectivity index (χ0) is 14.5. The fraction of sp³-hybridized carbons (Fsp3) is 0.333. The Morgan fingerprint density at radius 3 is 2.75 bits per heavy atom. The van der Waals surface area contributed by atoms with E-state index in [1.54, 1.807) is 18.4 Å². The molecule has 0 amide bonds. The average molecular weight is 375 g/mol. The first-order chi connectivity index (χ1) is 9.65. The lowest BCUT2D eigenvalue weighted by Crippen LogP contribution is -2.20. The summed E-state index contributed by atoms with van der Waals surface area (Å²) in [6.07, 6.45) is 1.00. The summed E-state index contributed by atoms with van der Waals surface area (Å²) in [5, 5.41) is 3.57. The Morgan fingerprint density at radius 2 is 2.15 bits per heavy atom. The van der Waals surface area contributed by atoms with E-state index in [2.05, 4.69) is 40.3 Å². The van der Waals surface area contributed by atoms with Gasteiger partial charge in [0.1, 0.15) is 10.1 Å². The van der Waals surface area contributed by atoms with Crippen LogP contribution in [0.3, 0.4) is 0 Å². The maximum Gasteiger partial charge on any atom is 0.123 e. The predicted octanol–water partition coefficient (Wildman–Crippen LogP) is 5.41. The van der Waals surface area contributed by atoms with Gasteiger partial charge in [0.2, 0.25) is 0 Å². The Balaban J connectivity index is 2.09. The van der Waals surface area contributed by atoms with Crippen molar-refractivity contribution in [2.75, 3.05) is 7.11 Å². The summed E-state index contributed by atoms with van der Waals surface area (Å²) in [4.78, 5) is 1.22. The molecule has 0 fully saturated rings. The monoisotopic (exact) mass is 373 g/mol. The molecule has 1 aromatic carbocycles. The number of para-hydroxylation sites is 1. The van der Waals surface area contributed by atoms with E-state index in [-0.39, 0.29) is 6.04 Å². The maximum absolute atomic E-state index is 6.07. The van der Waals surface area contributed by atoms with Crippen molar-refractivity contribution in [1.82, 2.24) is 5.32 Å². The van der Waals surface area contributed by atoms with Gasteiger partial charge in [0.25, 0.3) is 0 Å². The van der Waals surface area contributed by atoms with Crippen LogP contribution in [0.1, 0.15) is 29.8 Å². The van der Waals surface area contributed by atoms with E-state index in [1.807, 2.05) is 18.2 Å². The summed E-state index contributed by atoms with van der Waals surface area (Å²) in [6, 6.07) is 10.5. The Hall–Kier alpha value is -0.550. The first-order valence-corrected chi connectivity index (χ1v) is 8.44. The topological polar surface area (TPSA) is 21.3 Å². The highest BCUT2D eigenvalue weighted by Crippen LogP contribution is 2.33. The van der Waals surface area contributed by atoms with Gasteiger partial charge in [-0.25, -0.2) is 0 Å². The largest absolute Gasteiger partial charge is 0.496 e. The molecular formula is C15H17BrClNOS. The minimum absolute atomic E-state index is 0.269. The zero-order valence-electron chi connectivity index (χ0n) is 11.5.